The third-order valence-corrected chi connectivity index (χ3v) is 3.41. The minimum atomic E-state index is -0.234. The average molecular weight is 262 g/mol. The summed E-state index contributed by atoms with van der Waals surface area (Å²) in [5.41, 5.74) is 7.21. The van der Waals surface area contributed by atoms with Crippen LogP contribution in [0.15, 0.2) is 24.3 Å². The zero-order valence-electron chi connectivity index (χ0n) is 11.0. The van der Waals surface area contributed by atoms with Gasteiger partial charge in [-0.05, 0) is 24.1 Å². The van der Waals surface area contributed by atoms with E-state index < -0.39 is 0 Å². The highest BCUT2D eigenvalue weighted by molar-refractivity contribution is 5.81. The van der Waals surface area contributed by atoms with Crippen LogP contribution in [-0.2, 0) is 20.7 Å². The highest BCUT2D eigenvalue weighted by atomic mass is 16.5. The van der Waals surface area contributed by atoms with Gasteiger partial charge in [-0.1, -0.05) is 12.1 Å². The summed E-state index contributed by atoms with van der Waals surface area (Å²) in [6.45, 7) is 1.08. The molecule has 5 nitrogen and oxygen atoms in total. The Bertz CT molecular complexity index is 470. The highest BCUT2D eigenvalue weighted by Gasteiger charge is 2.31. The van der Waals surface area contributed by atoms with Crippen molar-refractivity contribution in [3.05, 3.63) is 29.8 Å². The first-order valence-corrected chi connectivity index (χ1v) is 6.30. The Hall–Kier alpha value is -2.04. The van der Waals surface area contributed by atoms with E-state index in [1.807, 2.05) is 12.1 Å². The van der Waals surface area contributed by atoms with Gasteiger partial charge in [-0.15, -0.1) is 0 Å². The zero-order valence-corrected chi connectivity index (χ0v) is 11.0. The van der Waals surface area contributed by atoms with Crippen molar-refractivity contribution in [1.82, 2.24) is 4.90 Å². The molecular formula is C14H18N2O3. The topological polar surface area (TPSA) is 72.6 Å². The second kappa shape index (κ2) is 5.73. The van der Waals surface area contributed by atoms with Crippen LogP contribution in [-0.4, -0.2) is 37.0 Å². The van der Waals surface area contributed by atoms with E-state index in [-0.39, 0.29) is 17.8 Å². The number of hydrogen-bond donors (Lipinski definition) is 1. The number of hydrogen-bond acceptors (Lipinski definition) is 4. The maximum atomic E-state index is 12.1. The summed E-state index contributed by atoms with van der Waals surface area (Å²) in [6.07, 6.45) is 1.02. The highest BCUT2D eigenvalue weighted by Crippen LogP contribution is 2.18. The minimum absolute atomic E-state index is 0.0381. The first-order chi connectivity index (χ1) is 9.10. The van der Waals surface area contributed by atoms with E-state index in [1.165, 1.54) is 7.11 Å². The molecule has 102 valence electrons. The molecule has 1 fully saturated rings. The molecule has 1 unspecified atom stereocenters. The molecule has 1 amide bonds. The van der Waals surface area contributed by atoms with Crippen LogP contribution in [0.2, 0.25) is 0 Å². The number of methoxy groups -OCH3 is 1. The average Bonchev–Trinajstić information content (AvgIpc) is 2.90. The summed E-state index contributed by atoms with van der Waals surface area (Å²) in [4.78, 5) is 25.2. The molecule has 19 heavy (non-hydrogen) atoms. The Balaban J connectivity index is 1.91. The molecule has 1 atom stereocenters. The van der Waals surface area contributed by atoms with E-state index in [0.717, 1.165) is 5.56 Å². The maximum absolute atomic E-state index is 12.1. The molecule has 1 aliphatic heterocycles. The number of likely N-dealkylation sites (tertiary alicyclic amines) is 1. The van der Waals surface area contributed by atoms with Crippen molar-refractivity contribution < 1.29 is 14.3 Å². The van der Waals surface area contributed by atoms with E-state index in [2.05, 4.69) is 0 Å². The number of nitrogens with two attached hydrogens (primary N) is 1. The number of carbonyl (C=O) groups excluding carboxylic acids is 2. The number of rotatable bonds is 3. The summed E-state index contributed by atoms with van der Waals surface area (Å²) >= 11 is 0. The lowest BCUT2D eigenvalue weighted by Gasteiger charge is -2.16. The maximum Gasteiger partial charge on any atom is 0.310 e. The molecule has 1 saturated heterocycles. The van der Waals surface area contributed by atoms with Crippen LogP contribution < -0.4 is 5.73 Å². The molecular weight excluding hydrogens is 244 g/mol. The molecule has 0 bridgehead atoms. The molecule has 2 rings (SSSR count). The number of nitrogens with zero attached hydrogens (tertiary/aromatic N) is 1. The van der Waals surface area contributed by atoms with Crippen LogP contribution in [0.1, 0.15) is 12.0 Å². The summed E-state index contributed by atoms with van der Waals surface area (Å²) in [5, 5.41) is 0. The molecule has 0 radical (unpaired) electrons. The fraction of sp³-hybridized carbons (Fsp3) is 0.429. The lowest BCUT2D eigenvalue weighted by molar-refractivity contribution is -0.145. The third-order valence-electron chi connectivity index (χ3n) is 3.41. The standard InChI is InChI=1S/C14H18N2O3/c1-19-14(18)11-6-7-16(9-11)13(17)8-10-2-4-12(15)5-3-10/h2-5,11H,6-9,15H2,1H3. The summed E-state index contributed by atoms with van der Waals surface area (Å²) < 4.78 is 4.70. The van der Waals surface area contributed by atoms with Gasteiger partial charge in [0.25, 0.3) is 0 Å². The van der Waals surface area contributed by atoms with Gasteiger partial charge in [0.1, 0.15) is 0 Å². The van der Waals surface area contributed by atoms with Gasteiger partial charge in [0, 0.05) is 18.8 Å². The van der Waals surface area contributed by atoms with Crippen molar-refractivity contribution in [3.8, 4) is 0 Å². The van der Waals surface area contributed by atoms with Gasteiger partial charge in [0.15, 0.2) is 0 Å². The second-order valence-corrected chi connectivity index (χ2v) is 4.77. The Morgan fingerprint density at radius 1 is 1.37 bits per heavy atom. The van der Waals surface area contributed by atoms with Gasteiger partial charge < -0.3 is 15.4 Å². The van der Waals surface area contributed by atoms with Crippen molar-refractivity contribution in [2.24, 2.45) is 5.92 Å². The Labute approximate surface area is 112 Å². The lowest BCUT2D eigenvalue weighted by Crippen LogP contribution is -2.31. The first-order valence-electron chi connectivity index (χ1n) is 6.30. The van der Waals surface area contributed by atoms with Crippen molar-refractivity contribution in [3.63, 3.8) is 0 Å². The largest absolute Gasteiger partial charge is 0.469 e. The molecule has 1 aliphatic rings. The molecule has 5 heteroatoms. The number of nitrogen functional groups attached to an aromatic ring is 1. The number of benzene rings is 1. The van der Waals surface area contributed by atoms with Gasteiger partial charge in [0.05, 0.1) is 19.4 Å². The predicted molar refractivity (Wildman–Crippen MR) is 71.3 cm³/mol. The first kappa shape index (κ1) is 13.4. The number of amides is 1. The number of anilines is 1. The molecule has 1 aromatic carbocycles. The van der Waals surface area contributed by atoms with E-state index >= 15 is 0 Å². The minimum Gasteiger partial charge on any atom is -0.469 e. The van der Waals surface area contributed by atoms with Crippen molar-refractivity contribution in [2.45, 2.75) is 12.8 Å². The van der Waals surface area contributed by atoms with E-state index in [1.54, 1.807) is 17.0 Å². The Morgan fingerprint density at radius 3 is 2.68 bits per heavy atom. The van der Waals surface area contributed by atoms with Gasteiger partial charge in [-0.3, -0.25) is 9.59 Å². The van der Waals surface area contributed by atoms with Gasteiger partial charge in [-0.25, -0.2) is 0 Å². The van der Waals surface area contributed by atoms with Crippen molar-refractivity contribution >= 4 is 17.6 Å². The summed E-state index contributed by atoms with van der Waals surface area (Å²) in [7, 11) is 1.38. The monoisotopic (exact) mass is 262 g/mol. The van der Waals surface area contributed by atoms with Crippen molar-refractivity contribution in [1.29, 1.82) is 0 Å². The molecule has 0 aromatic heterocycles. The summed E-state index contributed by atoms with van der Waals surface area (Å²) in [5.74, 6) is -0.376. The van der Waals surface area contributed by atoms with Crippen molar-refractivity contribution in [2.75, 3.05) is 25.9 Å². The Morgan fingerprint density at radius 2 is 2.05 bits per heavy atom. The molecule has 2 N–H and O–H groups in total. The second-order valence-electron chi connectivity index (χ2n) is 4.77. The molecule has 1 heterocycles. The molecule has 1 aromatic rings. The van der Waals surface area contributed by atoms with Crippen LogP contribution in [0.5, 0.6) is 0 Å². The SMILES string of the molecule is COC(=O)C1CCN(C(=O)Cc2ccc(N)cc2)C1. The summed E-state index contributed by atoms with van der Waals surface area (Å²) in [6, 6.07) is 7.26. The number of carbonyl (C=O) groups is 2. The van der Waals surface area contributed by atoms with Gasteiger partial charge in [-0.2, -0.15) is 0 Å². The molecule has 0 saturated carbocycles. The fourth-order valence-electron chi connectivity index (χ4n) is 2.27. The van der Waals surface area contributed by atoms with Gasteiger partial charge >= 0.3 is 5.97 Å². The van der Waals surface area contributed by atoms with Crippen LogP contribution in [0.25, 0.3) is 0 Å². The van der Waals surface area contributed by atoms with Crippen LogP contribution in [0.4, 0.5) is 5.69 Å². The number of ether oxygens (including phenoxy) is 1. The van der Waals surface area contributed by atoms with Crippen LogP contribution >= 0.6 is 0 Å². The van der Waals surface area contributed by atoms with Crippen LogP contribution in [0.3, 0.4) is 0 Å². The molecule has 0 spiro atoms. The van der Waals surface area contributed by atoms with Gasteiger partial charge in [0.2, 0.25) is 5.91 Å². The zero-order chi connectivity index (χ0) is 13.8. The molecule has 0 aliphatic carbocycles. The smallest absolute Gasteiger partial charge is 0.310 e. The predicted octanol–water partition coefficient (Wildman–Crippen LogP) is 0.833. The van der Waals surface area contributed by atoms with Crippen LogP contribution in [0, 0.1) is 5.92 Å². The lowest BCUT2D eigenvalue weighted by atomic mass is 10.1. The van der Waals surface area contributed by atoms with E-state index in [0.29, 0.717) is 31.6 Å². The third kappa shape index (κ3) is 3.24. The van der Waals surface area contributed by atoms with E-state index in [4.69, 9.17) is 10.5 Å². The normalized spacial score (nSPS) is 18.4. The Kier molecular flexibility index (Phi) is 4.04. The van der Waals surface area contributed by atoms with E-state index in [9.17, 15) is 9.59 Å². The quantitative estimate of drug-likeness (QED) is 0.647. The number of esters is 1. The fourth-order valence-corrected chi connectivity index (χ4v) is 2.27.